The van der Waals surface area contributed by atoms with Crippen molar-refractivity contribution in [2.24, 2.45) is 5.92 Å². The average Bonchev–Trinajstić information content (AvgIpc) is 3.12. The van der Waals surface area contributed by atoms with Gasteiger partial charge < -0.3 is 25.2 Å². The number of hydrogen-bond acceptors (Lipinski definition) is 6. The fourth-order valence-corrected chi connectivity index (χ4v) is 2.59. The van der Waals surface area contributed by atoms with Crippen molar-refractivity contribution >= 4 is 17.8 Å². The zero-order valence-electron chi connectivity index (χ0n) is 15.4. The number of nitrogens with one attached hydrogen (secondary N) is 2. The van der Waals surface area contributed by atoms with Crippen molar-refractivity contribution in [2.45, 2.75) is 38.8 Å². The van der Waals surface area contributed by atoms with Crippen molar-refractivity contribution in [3.05, 3.63) is 23.9 Å². The summed E-state index contributed by atoms with van der Waals surface area (Å²) in [6.45, 7) is 4.53. The molecule has 1 aromatic rings. The number of carbonyl (C=O) groups is 3. The Bertz CT molecular complexity index is 673. The van der Waals surface area contributed by atoms with Crippen LogP contribution in [0.15, 0.2) is 18.3 Å². The van der Waals surface area contributed by atoms with E-state index in [0.29, 0.717) is 31.1 Å². The van der Waals surface area contributed by atoms with Crippen LogP contribution < -0.4 is 15.4 Å². The molecule has 9 heteroatoms. The van der Waals surface area contributed by atoms with E-state index in [2.05, 4.69) is 15.6 Å². The topological polar surface area (TPSA) is 127 Å². The maximum Gasteiger partial charge on any atom is 0.326 e. The molecule has 1 aliphatic heterocycles. The lowest BCUT2D eigenvalue weighted by Gasteiger charge is -2.16. The first-order valence-electron chi connectivity index (χ1n) is 8.86. The van der Waals surface area contributed by atoms with Crippen molar-refractivity contribution in [2.75, 3.05) is 19.8 Å². The molecule has 2 heterocycles. The van der Waals surface area contributed by atoms with E-state index in [-0.39, 0.29) is 18.6 Å². The van der Waals surface area contributed by atoms with Crippen LogP contribution in [0, 0.1) is 5.92 Å². The van der Waals surface area contributed by atoms with E-state index in [1.807, 2.05) is 13.8 Å². The molecule has 1 aliphatic rings. The molecule has 27 heavy (non-hydrogen) atoms. The van der Waals surface area contributed by atoms with E-state index >= 15 is 0 Å². The van der Waals surface area contributed by atoms with Crippen molar-refractivity contribution in [1.82, 2.24) is 15.6 Å². The summed E-state index contributed by atoms with van der Waals surface area (Å²) < 4.78 is 10.9. The fraction of sp³-hybridized carbons (Fsp3) is 0.556. The molecule has 3 N–H and O–H groups in total. The molecule has 2 amide bonds. The van der Waals surface area contributed by atoms with Crippen LogP contribution in [0.4, 0.5) is 0 Å². The van der Waals surface area contributed by atoms with Crippen molar-refractivity contribution in [1.29, 1.82) is 0 Å². The Labute approximate surface area is 157 Å². The number of ether oxygens (including phenoxy) is 2. The lowest BCUT2D eigenvalue weighted by Crippen LogP contribution is -2.46. The highest BCUT2D eigenvalue weighted by Crippen LogP contribution is 2.15. The first-order valence-corrected chi connectivity index (χ1v) is 8.86. The Hall–Kier alpha value is -2.68. The van der Waals surface area contributed by atoms with Crippen molar-refractivity contribution < 1.29 is 29.0 Å². The number of aromatic nitrogens is 1. The molecule has 0 bridgehead atoms. The zero-order chi connectivity index (χ0) is 19.8. The number of rotatable bonds is 9. The summed E-state index contributed by atoms with van der Waals surface area (Å²) in [6, 6.07) is 2.01. The molecular formula is C18H25N3O6. The molecule has 1 unspecified atom stereocenters. The number of pyridine rings is 1. The predicted octanol–water partition coefficient (Wildman–Crippen LogP) is 0.595. The number of hydrogen-bond donors (Lipinski definition) is 3. The number of carboxylic acids is 1. The molecule has 0 saturated carbocycles. The van der Waals surface area contributed by atoms with Crippen LogP contribution in [-0.2, 0) is 14.3 Å². The Morgan fingerprint density at radius 2 is 2.19 bits per heavy atom. The summed E-state index contributed by atoms with van der Waals surface area (Å²) in [5.41, 5.74) is 0.295. The van der Waals surface area contributed by atoms with Crippen molar-refractivity contribution in [3.8, 4) is 5.88 Å². The average molecular weight is 379 g/mol. The molecule has 9 nitrogen and oxygen atoms in total. The maximum absolute atomic E-state index is 12.2. The Kier molecular flexibility index (Phi) is 7.54. The van der Waals surface area contributed by atoms with E-state index in [4.69, 9.17) is 14.6 Å². The molecule has 0 spiro atoms. The quantitative estimate of drug-likeness (QED) is 0.573. The summed E-state index contributed by atoms with van der Waals surface area (Å²) in [5, 5.41) is 14.0. The maximum atomic E-state index is 12.2. The molecular weight excluding hydrogens is 354 g/mol. The summed E-state index contributed by atoms with van der Waals surface area (Å²) in [7, 11) is 0. The SMILES string of the molecule is CC(C)C[C@H](NC(=O)CNC(=O)c1ccnc(OC2CCOC2)c1)C(=O)O. The summed E-state index contributed by atoms with van der Waals surface area (Å²) in [5.74, 6) is -1.72. The third kappa shape index (κ3) is 6.86. The van der Waals surface area contributed by atoms with Gasteiger partial charge in [0.25, 0.3) is 5.91 Å². The molecule has 148 valence electrons. The van der Waals surface area contributed by atoms with Gasteiger partial charge in [-0.2, -0.15) is 0 Å². The molecule has 0 aromatic carbocycles. The summed E-state index contributed by atoms with van der Waals surface area (Å²) in [6.07, 6.45) is 2.43. The van der Waals surface area contributed by atoms with Gasteiger partial charge in [0.05, 0.1) is 19.8 Å². The second kappa shape index (κ2) is 9.86. The highest BCUT2D eigenvalue weighted by molar-refractivity contribution is 5.97. The van der Waals surface area contributed by atoms with Gasteiger partial charge in [-0.05, 0) is 18.4 Å². The fourth-order valence-electron chi connectivity index (χ4n) is 2.59. The third-order valence-electron chi connectivity index (χ3n) is 3.92. The minimum Gasteiger partial charge on any atom is -0.480 e. The van der Waals surface area contributed by atoms with Gasteiger partial charge in [-0.1, -0.05) is 13.8 Å². The minimum absolute atomic E-state index is 0.0875. The largest absolute Gasteiger partial charge is 0.480 e. The van der Waals surface area contributed by atoms with E-state index in [9.17, 15) is 14.4 Å². The van der Waals surface area contributed by atoms with Crippen LogP contribution in [0.25, 0.3) is 0 Å². The van der Waals surface area contributed by atoms with Gasteiger partial charge in [-0.25, -0.2) is 9.78 Å². The molecule has 1 aromatic heterocycles. The van der Waals surface area contributed by atoms with Gasteiger partial charge in [-0.3, -0.25) is 9.59 Å². The van der Waals surface area contributed by atoms with Crippen LogP contribution in [0.2, 0.25) is 0 Å². The number of carbonyl (C=O) groups excluding carboxylic acids is 2. The number of amides is 2. The molecule has 2 atom stereocenters. The van der Waals surface area contributed by atoms with Crippen molar-refractivity contribution in [3.63, 3.8) is 0 Å². The first-order chi connectivity index (χ1) is 12.8. The molecule has 1 fully saturated rings. The van der Waals surface area contributed by atoms with E-state index in [0.717, 1.165) is 6.42 Å². The molecule has 1 saturated heterocycles. The zero-order valence-corrected chi connectivity index (χ0v) is 15.4. The Morgan fingerprint density at radius 3 is 2.81 bits per heavy atom. The number of aliphatic carboxylic acids is 1. The Morgan fingerprint density at radius 1 is 1.41 bits per heavy atom. The smallest absolute Gasteiger partial charge is 0.326 e. The van der Waals surface area contributed by atoms with Gasteiger partial charge in [-0.15, -0.1) is 0 Å². The van der Waals surface area contributed by atoms with Crippen LogP contribution in [0.1, 0.15) is 37.0 Å². The third-order valence-corrected chi connectivity index (χ3v) is 3.92. The van der Waals surface area contributed by atoms with Crippen LogP contribution in [-0.4, -0.2) is 59.8 Å². The van der Waals surface area contributed by atoms with Crippen LogP contribution >= 0.6 is 0 Å². The highest BCUT2D eigenvalue weighted by atomic mass is 16.5. The standard InChI is InChI=1S/C18H25N3O6/c1-11(2)7-14(18(24)25)21-15(22)9-20-17(23)12-3-5-19-16(8-12)27-13-4-6-26-10-13/h3,5,8,11,13-14H,4,6-7,9-10H2,1-2H3,(H,20,23)(H,21,22)(H,24,25)/t13?,14-/m0/s1. The molecule has 0 aliphatic carbocycles. The van der Waals surface area contributed by atoms with E-state index in [1.165, 1.54) is 18.3 Å². The van der Waals surface area contributed by atoms with E-state index in [1.54, 1.807) is 0 Å². The molecule has 0 radical (unpaired) electrons. The molecule has 2 rings (SSSR count). The van der Waals surface area contributed by atoms with Gasteiger partial charge in [0.2, 0.25) is 11.8 Å². The second-order valence-corrected chi connectivity index (χ2v) is 6.76. The predicted molar refractivity (Wildman–Crippen MR) is 95.4 cm³/mol. The normalized spacial score (nSPS) is 17.4. The highest BCUT2D eigenvalue weighted by Gasteiger charge is 2.22. The van der Waals surface area contributed by atoms with E-state index < -0.39 is 23.8 Å². The number of nitrogens with zero attached hydrogens (tertiary/aromatic N) is 1. The van der Waals surface area contributed by atoms with Crippen LogP contribution in [0.3, 0.4) is 0 Å². The first kappa shape index (κ1) is 20.6. The monoisotopic (exact) mass is 379 g/mol. The summed E-state index contributed by atoms with van der Waals surface area (Å²) >= 11 is 0. The minimum atomic E-state index is -1.10. The van der Waals surface area contributed by atoms with Gasteiger partial charge in [0, 0.05) is 24.2 Å². The van der Waals surface area contributed by atoms with Gasteiger partial charge in [0.15, 0.2) is 0 Å². The summed E-state index contributed by atoms with van der Waals surface area (Å²) in [4.78, 5) is 39.4. The Balaban J connectivity index is 1.85. The van der Waals surface area contributed by atoms with Crippen LogP contribution in [0.5, 0.6) is 5.88 Å². The number of carboxylic acid groups (broad SMARTS) is 1. The second-order valence-electron chi connectivity index (χ2n) is 6.76. The lowest BCUT2D eigenvalue weighted by atomic mass is 10.0. The van der Waals surface area contributed by atoms with Gasteiger partial charge >= 0.3 is 5.97 Å². The lowest BCUT2D eigenvalue weighted by molar-refractivity contribution is -0.142. The van der Waals surface area contributed by atoms with Gasteiger partial charge in [0.1, 0.15) is 12.1 Å².